The zero-order chi connectivity index (χ0) is 20.8. The van der Waals surface area contributed by atoms with Crippen molar-refractivity contribution in [3.63, 3.8) is 0 Å². The van der Waals surface area contributed by atoms with Crippen molar-refractivity contribution in [3.8, 4) is 0 Å². The van der Waals surface area contributed by atoms with Crippen LogP contribution in [0.5, 0.6) is 0 Å². The van der Waals surface area contributed by atoms with E-state index in [0.717, 1.165) is 57.1 Å². The van der Waals surface area contributed by atoms with Gasteiger partial charge in [-0.3, -0.25) is 9.69 Å². The van der Waals surface area contributed by atoms with Gasteiger partial charge in [-0.2, -0.15) is 0 Å². The minimum absolute atomic E-state index is 0.00467. The molecule has 1 unspecified atom stereocenters. The molecular formula is C23H31N5O2. The fourth-order valence-electron chi connectivity index (χ4n) is 4.20. The Labute approximate surface area is 178 Å². The summed E-state index contributed by atoms with van der Waals surface area (Å²) in [7, 11) is 0. The molecule has 0 spiro atoms. The molecule has 1 N–H and O–H groups in total. The second-order valence-corrected chi connectivity index (χ2v) is 8.15. The number of benzene rings is 1. The normalized spacial score (nSPS) is 20.0. The van der Waals surface area contributed by atoms with E-state index in [1.165, 1.54) is 11.1 Å². The van der Waals surface area contributed by atoms with Crippen LogP contribution in [0.2, 0.25) is 0 Å². The van der Waals surface area contributed by atoms with E-state index >= 15 is 0 Å². The summed E-state index contributed by atoms with van der Waals surface area (Å²) in [5.41, 5.74) is 2.60. The van der Waals surface area contributed by atoms with Crippen molar-refractivity contribution in [1.29, 1.82) is 0 Å². The Morgan fingerprint density at radius 3 is 2.90 bits per heavy atom. The highest BCUT2D eigenvalue weighted by molar-refractivity contribution is 5.80. The predicted octanol–water partition coefficient (Wildman–Crippen LogP) is 2.08. The lowest BCUT2D eigenvalue weighted by molar-refractivity contribution is -0.130. The lowest BCUT2D eigenvalue weighted by Gasteiger charge is -2.20. The van der Waals surface area contributed by atoms with Gasteiger partial charge in [-0.05, 0) is 25.3 Å². The van der Waals surface area contributed by atoms with Gasteiger partial charge in [0.25, 0.3) is 0 Å². The molecule has 4 rings (SSSR count). The van der Waals surface area contributed by atoms with Crippen LogP contribution in [0.3, 0.4) is 0 Å². The summed E-state index contributed by atoms with van der Waals surface area (Å²) >= 11 is 0. The first-order valence-electron chi connectivity index (χ1n) is 10.9. The quantitative estimate of drug-likeness (QED) is 0.758. The Morgan fingerprint density at radius 1 is 1.23 bits per heavy atom. The van der Waals surface area contributed by atoms with E-state index in [0.29, 0.717) is 19.6 Å². The van der Waals surface area contributed by atoms with Gasteiger partial charge in [0.05, 0.1) is 0 Å². The SMILES string of the molecule is CC(=Cc1ccccc1)CN1CCc2nnc(CCNC(=O)C3CCCO3)n2CC1. The first-order valence-corrected chi connectivity index (χ1v) is 10.9. The van der Waals surface area contributed by atoms with Crippen molar-refractivity contribution in [1.82, 2.24) is 25.0 Å². The van der Waals surface area contributed by atoms with E-state index in [9.17, 15) is 4.79 Å². The third kappa shape index (κ3) is 5.34. The lowest BCUT2D eigenvalue weighted by atomic mass is 10.1. The second-order valence-electron chi connectivity index (χ2n) is 8.15. The molecule has 7 nitrogen and oxygen atoms in total. The third-order valence-corrected chi connectivity index (χ3v) is 5.75. The van der Waals surface area contributed by atoms with Crippen LogP contribution in [0.15, 0.2) is 35.9 Å². The van der Waals surface area contributed by atoms with Gasteiger partial charge in [-0.1, -0.05) is 42.0 Å². The van der Waals surface area contributed by atoms with Crippen molar-refractivity contribution < 1.29 is 9.53 Å². The first-order chi connectivity index (χ1) is 14.7. The van der Waals surface area contributed by atoms with Crippen LogP contribution < -0.4 is 5.32 Å². The highest BCUT2D eigenvalue weighted by Crippen LogP contribution is 2.14. The summed E-state index contributed by atoms with van der Waals surface area (Å²) < 4.78 is 7.67. The Morgan fingerprint density at radius 2 is 2.10 bits per heavy atom. The molecule has 0 saturated carbocycles. The van der Waals surface area contributed by atoms with Crippen LogP contribution in [0.4, 0.5) is 0 Å². The van der Waals surface area contributed by atoms with E-state index in [4.69, 9.17) is 4.74 Å². The van der Waals surface area contributed by atoms with Crippen LogP contribution in [0, 0.1) is 0 Å². The summed E-state index contributed by atoms with van der Waals surface area (Å²) in [6.07, 6.45) is 5.35. The summed E-state index contributed by atoms with van der Waals surface area (Å²) in [6.45, 7) is 7.25. The number of nitrogens with one attached hydrogen (secondary N) is 1. The number of ether oxygens (including phenoxy) is 1. The molecule has 1 amide bonds. The van der Waals surface area contributed by atoms with Crippen molar-refractivity contribution in [2.24, 2.45) is 0 Å². The number of carbonyl (C=O) groups excluding carboxylic acids is 1. The molecule has 2 aliphatic rings. The van der Waals surface area contributed by atoms with Gasteiger partial charge in [-0.15, -0.1) is 10.2 Å². The maximum absolute atomic E-state index is 12.1. The number of fused-ring (bicyclic) bond motifs is 1. The molecule has 2 aromatic rings. The van der Waals surface area contributed by atoms with Crippen LogP contribution in [0.25, 0.3) is 6.08 Å². The van der Waals surface area contributed by atoms with E-state index in [1.54, 1.807) is 0 Å². The molecule has 1 aromatic carbocycles. The summed E-state index contributed by atoms with van der Waals surface area (Å²) in [6, 6.07) is 10.5. The van der Waals surface area contributed by atoms with E-state index in [1.807, 2.05) is 6.07 Å². The van der Waals surface area contributed by atoms with Gasteiger partial charge < -0.3 is 14.6 Å². The van der Waals surface area contributed by atoms with Gasteiger partial charge >= 0.3 is 0 Å². The van der Waals surface area contributed by atoms with E-state index in [-0.39, 0.29) is 12.0 Å². The maximum Gasteiger partial charge on any atom is 0.249 e. The Bertz CT molecular complexity index is 871. The molecule has 1 aromatic heterocycles. The molecule has 0 bridgehead atoms. The van der Waals surface area contributed by atoms with Gasteiger partial charge in [0.2, 0.25) is 5.91 Å². The van der Waals surface area contributed by atoms with Crippen LogP contribution in [-0.4, -0.2) is 64.5 Å². The minimum atomic E-state index is -0.277. The van der Waals surface area contributed by atoms with Gasteiger partial charge in [-0.25, -0.2) is 0 Å². The van der Waals surface area contributed by atoms with Crippen molar-refractivity contribution in [2.75, 3.05) is 32.8 Å². The number of hydrogen-bond donors (Lipinski definition) is 1. The summed E-state index contributed by atoms with van der Waals surface area (Å²) in [5.74, 6) is 1.99. The molecule has 1 atom stereocenters. The minimum Gasteiger partial charge on any atom is -0.368 e. The van der Waals surface area contributed by atoms with Crippen molar-refractivity contribution >= 4 is 12.0 Å². The average Bonchev–Trinajstić information content (AvgIpc) is 3.37. The molecule has 0 aliphatic carbocycles. The smallest absolute Gasteiger partial charge is 0.249 e. The standard InChI is InChI=1S/C23H31N5O2/c1-18(16-19-6-3-2-4-7-19)17-27-12-10-22-26-25-21(28(22)14-13-27)9-11-24-23(29)20-8-5-15-30-20/h2-4,6-7,16,20H,5,8-15,17H2,1H3,(H,24,29). The Balaban J connectivity index is 1.28. The van der Waals surface area contributed by atoms with Crippen molar-refractivity contribution in [2.45, 2.75) is 45.3 Å². The summed E-state index contributed by atoms with van der Waals surface area (Å²) in [4.78, 5) is 14.6. The molecule has 30 heavy (non-hydrogen) atoms. The van der Waals surface area contributed by atoms with E-state index in [2.05, 4.69) is 62.2 Å². The van der Waals surface area contributed by atoms with Crippen LogP contribution >= 0.6 is 0 Å². The number of hydrogen-bond acceptors (Lipinski definition) is 5. The Kier molecular flexibility index (Phi) is 6.92. The number of nitrogens with zero attached hydrogens (tertiary/aromatic N) is 4. The van der Waals surface area contributed by atoms with Gasteiger partial charge in [0.1, 0.15) is 17.8 Å². The number of amides is 1. The highest BCUT2D eigenvalue weighted by Gasteiger charge is 2.23. The number of aromatic nitrogens is 3. The first kappa shape index (κ1) is 20.8. The van der Waals surface area contributed by atoms with Gasteiger partial charge in [0, 0.05) is 52.2 Å². The Hall–Kier alpha value is -2.51. The molecule has 7 heteroatoms. The fourth-order valence-corrected chi connectivity index (χ4v) is 4.20. The molecule has 1 saturated heterocycles. The van der Waals surface area contributed by atoms with E-state index < -0.39 is 0 Å². The monoisotopic (exact) mass is 409 g/mol. The van der Waals surface area contributed by atoms with Crippen molar-refractivity contribution in [3.05, 3.63) is 53.1 Å². The molecule has 0 radical (unpaired) electrons. The molecule has 160 valence electrons. The highest BCUT2D eigenvalue weighted by atomic mass is 16.5. The number of carbonyl (C=O) groups is 1. The second kappa shape index (κ2) is 10.00. The maximum atomic E-state index is 12.1. The molecule has 1 fully saturated rings. The average molecular weight is 410 g/mol. The molecule has 3 heterocycles. The largest absolute Gasteiger partial charge is 0.368 e. The third-order valence-electron chi connectivity index (χ3n) is 5.75. The zero-order valence-corrected chi connectivity index (χ0v) is 17.7. The number of rotatable bonds is 7. The zero-order valence-electron chi connectivity index (χ0n) is 17.7. The van der Waals surface area contributed by atoms with Gasteiger partial charge in [0.15, 0.2) is 0 Å². The van der Waals surface area contributed by atoms with Crippen LogP contribution in [0.1, 0.15) is 37.0 Å². The summed E-state index contributed by atoms with van der Waals surface area (Å²) in [5, 5.41) is 11.8. The molecule has 2 aliphatic heterocycles. The fraction of sp³-hybridized carbons (Fsp3) is 0.522. The molecular weight excluding hydrogens is 378 g/mol. The lowest BCUT2D eigenvalue weighted by Crippen LogP contribution is -2.35. The topological polar surface area (TPSA) is 72.3 Å². The van der Waals surface area contributed by atoms with Crippen LogP contribution in [-0.2, 0) is 28.9 Å². The predicted molar refractivity (Wildman–Crippen MR) is 116 cm³/mol.